The van der Waals surface area contributed by atoms with Crippen molar-refractivity contribution in [2.45, 2.75) is 38.8 Å². The Morgan fingerprint density at radius 1 is 1.25 bits per heavy atom. The average molecular weight is 227 g/mol. The van der Waals surface area contributed by atoms with E-state index in [0.717, 1.165) is 18.5 Å². The minimum Gasteiger partial charge on any atom is -0.318 e. The molecule has 1 heterocycles. The molecule has 1 rings (SSSR count). The zero-order valence-electron chi connectivity index (χ0n) is 11.7. The van der Waals surface area contributed by atoms with Crippen molar-refractivity contribution in [2.75, 3.05) is 40.8 Å². The Bertz CT molecular complexity index is 184. The molecule has 0 saturated carbocycles. The van der Waals surface area contributed by atoms with Gasteiger partial charge in [0, 0.05) is 18.6 Å². The largest absolute Gasteiger partial charge is 0.318 e. The van der Waals surface area contributed by atoms with Gasteiger partial charge in [0.2, 0.25) is 0 Å². The summed E-state index contributed by atoms with van der Waals surface area (Å²) in [6.07, 6.45) is 2.64. The summed E-state index contributed by atoms with van der Waals surface area (Å²) in [4.78, 5) is 5.04. The fourth-order valence-electron chi connectivity index (χ4n) is 2.73. The second-order valence-corrected chi connectivity index (χ2v) is 5.60. The molecule has 3 nitrogen and oxygen atoms in total. The third-order valence-electron chi connectivity index (χ3n) is 3.88. The van der Waals surface area contributed by atoms with Gasteiger partial charge in [-0.25, -0.2) is 0 Å². The SMILES string of the molecule is CNCC(C(C)C)N1CCC(N(C)C)CC1. The molecule has 0 radical (unpaired) electrons. The van der Waals surface area contributed by atoms with E-state index >= 15 is 0 Å². The Balaban J connectivity index is 2.44. The number of piperidine rings is 1. The second kappa shape index (κ2) is 6.58. The summed E-state index contributed by atoms with van der Waals surface area (Å²) in [7, 11) is 6.46. The number of likely N-dealkylation sites (N-methyl/N-ethyl adjacent to an activating group) is 1. The van der Waals surface area contributed by atoms with Gasteiger partial charge in [0.15, 0.2) is 0 Å². The van der Waals surface area contributed by atoms with Gasteiger partial charge >= 0.3 is 0 Å². The van der Waals surface area contributed by atoms with E-state index in [-0.39, 0.29) is 0 Å². The normalized spacial score (nSPS) is 21.9. The van der Waals surface area contributed by atoms with Crippen LogP contribution in [0.3, 0.4) is 0 Å². The van der Waals surface area contributed by atoms with Gasteiger partial charge < -0.3 is 10.2 Å². The lowest BCUT2D eigenvalue weighted by Gasteiger charge is -2.41. The smallest absolute Gasteiger partial charge is 0.0243 e. The van der Waals surface area contributed by atoms with Crippen LogP contribution in [0.1, 0.15) is 26.7 Å². The van der Waals surface area contributed by atoms with Crippen LogP contribution < -0.4 is 5.32 Å². The summed E-state index contributed by atoms with van der Waals surface area (Å²) in [5, 5.41) is 3.33. The highest BCUT2D eigenvalue weighted by Crippen LogP contribution is 2.19. The average Bonchev–Trinajstić information content (AvgIpc) is 2.25. The molecule has 0 amide bonds. The van der Waals surface area contributed by atoms with Crippen LogP contribution in [-0.4, -0.2) is 62.7 Å². The summed E-state index contributed by atoms with van der Waals surface area (Å²) in [6.45, 7) is 8.30. The summed E-state index contributed by atoms with van der Waals surface area (Å²) >= 11 is 0. The molecular weight excluding hydrogens is 198 g/mol. The minimum atomic E-state index is 0.702. The molecule has 3 heteroatoms. The highest BCUT2D eigenvalue weighted by molar-refractivity contribution is 4.83. The zero-order chi connectivity index (χ0) is 12.1. The predicted octanol–water partition coefficient (Wildman–Crippen LogP) is 1.26. The van der Waals surface area contributed by atoms with E-state index in [0.29, 0.717) is 6.04 Å². The van der Waals surface area contributed by atoms with Crippen LogP contribution in [-0.2, 0) is 0 Å². The van der Waals surface area contributed by atoms with Crippen LogP contribution in [0.25, 0.3) is 0 Å². The van der Waals surface area contributed by atoms with E-state index in [1.54, 1.807) is 0 Å². The van der Waals surface area contributed by atoms with E-state index in [2.05, 4.69) is 50.1 Å². The Kier molecular flexibility index (Phi) is 5.73. The monoisotopic (exact) mass is 227 g/mol. The van der Waals surface area contributed by atoms with Crippen molar-refractivity contribution >= 4 is 0 Å². The first kappa shape index (κ1) is 13.9. The number of hydrogen-bond acceptors (Lipinski definition) is 3. The van der Waals surface area contributed by atoms with Crippen LogP contribution in [0.2, 0.25) is 0 Å². The van der Waals surface area contributed by atoms with Crippen molar-refractivity contribution < 1.29 is 0 Å². The van der Waals surface area contributed by atoms with E-state index in [1.165, 1.54) is 25.9 Å². The van der Waals surface area contributed by atoms with Crippen molar-refractivity contribution in [3.63, 3.8) is 0 Å². The molecule has 0 aliphatic carbocycles. The van der Waals surface area contributed by atoms with Crippen molar-refractivity contribution in [1.29, 1.82) is 0 Å². The molecule has 1 N–H and O–H groups in total. The number of rotatable bonds is 5. The maximum atomic E-state index is 3.33. The zero-order valence-corrected chi connectivity index (χ0v) is 11.7. The first-order chi connectivity index (χ1) is 7.56. The highest BCUT2D eigenvalue weighted by Gasteiger charge is 2.26. The predicted molar refractivity (Wildman–Crippen MR) is 70.8 cm³/mol. The van der Waals surface area contributed by atoms with Crippen molar-refractivity contribution in [2.24, 2.45) is 5.92 Å². The van der Waals surface area contributed by atoms with E-state index in [9.17, 15) is 0 Å². The summed E-state index contributed by atoms with van der Waals surface area (Å²) in [5.41, 5.74) is 0. The molecular formula is C13H29N3. The maximum absolute atomic E-state index is 3.33. The fraction of sp³-hybridized carbons (Fsp3) is 1.00. The Morgan fingerprint density at radius 3 is 2.19 bits per heavy atom. The van der Waals surface area contributed by atoms with Gasteiger partial charge in [-0.2, -0.15) is 0 Å². The Labute approximate surface area is 101 Å². The van der Waals surface area contributed by atoms with Crippen molar-refractivity contribution in [3.8, 4) is 0 Å². The standard InChI is InChI=1S/C13H29N3/c1-11(2)13(10-14-3)16-8-6-12(7-9-16)15(4)5/h11-14H,6-10H2,1-5H3. The van der Waals surface area contributed by atoms with Gasteiger partial charge in [-0.1, -0.05) is 13.8 Å². The third kappa shape index (κ3) is 3.72. The molecule has 1 atom stereocenters. The highest BCUT2D eigenvalue weighted by atomic mass is 15.2. The first-order valence-corrected chi connectivity index (χ1v) is 6.61. The second-order valence-electron chi connectivity index (χ2n) is 5.60. The van der Waals surface area contributed by atoms with Gasteiger partial charge in [-0.15, -0.1) is 0 Å². The minimum absolute atomic E-state index is 0.702. The van der Waals surface area contributed by atoms with Crippen molar-refractivity contribution in [1.82, 2.24) is 15.1 Å². The van der Waals surface area contributed by atoms with Gasteiger partial charge in [-0.05, 0) is 53.0 Å². The lowest BCUT2D eigenvalue weighted by Crippen LogP contribution is -2.51. The van der Waals surface area contributed by atoms with Crippen LogP contribution in [0.5, 0.6) is 0 Å². The lowest BCUT2D eigenvalue weighted by atomic mass is 9.97. The van der Waals surface area contributed by atoms with Crippen LogP contribution in [0, 0.1) is 5.92 Å². The van der Waals surface area contributed by atoms with E-state index in [4.69, 9.17) is 0 Å². The molecule has 0 aromatic heterocycles. The molecule has 16 heavy (non-hydrogen) atoms. The quantitative estimate of drug-likeness (QED) is 0.763. The van der Waals surface area contributed by atoms with E-state index in [1.807, 2.05) is 0 Å². The van der Waals surface area contributed by atoms with Crippen LogP contribution in [0.15, 0.2) is 0 Å². The molecule has 1 aliphatic heterocycles. The molecule has 1 saturated heterocycles. The molecule has 0 aromatic rings. The first-order valence-electron chi connectivity index (χ1n) is 6.61. The number of nitrogens with one attached hydrogen (secondary N) is 1. The van der Waals surface area contributed by atoms with Gasteiger partial charge in [0.05, 0.1) is 0 Å². The summed E-state index contributed by atoms with van der Waals surface area (Å²) in [5.74, 6) is 0.739. The fourth-order valence-corrected chi connectivity index (χ4v) is 2.73. The van der Waals surface area contributed by atoms with Gasteiger partial charge in [-0.3, -0.25) is 4.90 Å². The molecule has 0 spiro atoms. The number of likely N-dealkylation sites (tertiary alicyclic amines) is 1. The Hall–Kier alpha value is -0.120. The maximum Gasteiger partial charge on any atom is 0.0243 e. The van der Waals surface area contributed by atoms with Gasteiger partial charge in [0.25, 0.3) is 0 Å². The van der Waals surface area contributed by atoms with Gasteiger partial charge in [0.1, 0.15) is 0 Å². The molecule has 96 valence electrons. The lowest BCUT2D eigenvalue weighted by molar-refractivity contribution is 0.0873. The van der Waals surface area contributed by atoms with Crippen LogP contribution in [0.4, 0.5) is 0 Å². The number of hydrogen-bond donors (Lipinski definition) is 1. The molecule has 1 fully saturated rings. The van der Waals surface area contributed by atoms with Crippen molar-refractivity contribution in [3.05, 3.63) is 0 Å². The molecule has 0 bridgehead atoms. The van der Waals surface area contributed by atoms with E-state index < -0.39 is 0 Å². The summed E-state index contributed by atoms with van der Waals surface area (Å²) in [6, 6.07) is 1.49. The number of nitrogens with zero attached hydrogens (tertiary/aromatic N) is 2. The third-order valence-corrected chi connectivity index (χ3v) is 3.88. The summed E-state index contributed by atoms with van der Waals surface area (Å²) < 4.78 is 0. The molecule has 1 aliphatic rings. The molecule has 0 aromatic carbocycles. The molecule has 1 unspecified atom stereocenters. The van der Waals surface area contributed by atoms with Crippen LogP contribution >= 0.6 is 0 Å². The Morgan fingerprint density at radius 2 is 1.81 bits per heavy atom. The topological polar surface area (TPSA) is 18.5 Å².